The summed E-state index contributed by atoms with van der Waals surface area (Å²) < 4.78 is 6.37. The summed E-state index contributed by atoms with van der Waals surface area (Å²) in [6.07, 6.45) is 0.0322. The molecule has 0 aromatic heterocycles. The fraction of sp³-hybridized carbons (Fsp3) is 0.200. The number of rotatable bonds is 2. The first kappa shape index (κ1) is 17.4. The molecule has 0 aliphatic carbocycles. The molecule has 0 bridgehead atoms. The molecule has 0 fully saturated rings. The van der Waals surface area contributed by atoms with E-state index in [1.165, 1.54) is 11.1 Å². The predicted octanol–water partition coefficient (Wildman–Crippen LogP) is 5.04. The van der Waals surface area contributed by atoms with Gasteiger partial charge in [-0.1, -0.05) is 67.3 Å². The molecule has 3 aromatic rings. The van der Waals surface area contributed by atoms with Crippen molar-refractivity contribution >= 4 is 0 Å². The Morgan fingerprint density at radius 1 is 0.852 bits per heavy atom. The van der Waals surface area contributed by atoms with Crippen LogP contribution < -0.4 is 4.74 Å². The fourth-order valence-electron chi connectivity index (χ4n) is 3.34. The molecule has 1 heterocycles. The summed E-state index contributed by atoms with van der Waals surface area (Å²) in [4.78, 5) is 2.43. The molecule has 0 N–H and O–H groups in total. The third-order valence-corrected chi connectivity index (χ3v) is 4.91. The lowest BCUT2D eigenvalue weighted by Gasteiger charge is -2.22. The summed E-state index contributed by atoms with van der Waals surface area (Å²) in [5.74, 6) is 7.44. The van der Waals surface area contributed by atoms with E-state index in [4.69, 9.17) is 4.74 Å². The van der Waals surface area contributed by atoms with Gasteiger partial charge in [-0.2, -0.15) is 0 Å². The Bertz CT molecular complexity index is 951. The maximum absolute atomic E-state index is 6.37. The molecule has 0 amide bonds. The molecule has 134 valence electrons. The predicted molar refractivity (Wildman–Crippen MR) is 110 cm³/mol. The third kappa shape index (κ3) is 4.22. The Morgan fingerprint density at radius 3 is 2.26 bits per heavy atom. The minimum absolute atomic E-state index is 0.0322. The minimum atomic E-state index is 0.0322. The molecule has 0 radical (unpaired) electrons. The number of ether oxygens (including phenoxy) is 1. The molecule has 27 heavy (non-hydrogen) atoms. The van der Waals surface area contributed by atoms with Gasteiger partial charge in [-0.25, -0.2) is 0 Å². The maximum Gasteiger partial charge on any atom is 0.136 e. The summed E-state index contributed by atoms with van der Waals surface area (Å²) in [7, 11) is 0. The molecule has 3 aromatic carbocycles. The maximum atomic E-state index is 6.37. The molecular formula is C25H23NO. The van der Waals surface area contributed by atoms with E-state index in [9.17, 15) is 0 Å². The van der Waals surface area contributed by atoms with Gasteiger partial charge in [-0.15, -0.1) is 0 Å². The smallest absolute Gasteiger partial charge is 0.136 e. The van der Waals surface area contributed by atoms with E-state index in [1.54, 1.807) is 0 Å². The molecule has 1 aliphatic heterocycles. The normalized spacial score (nSPS) is 16.4. The van der Waals surface area contributed by atoms with E-state index < -0.39 is 0 Å². The molecule has 2 heteroatoms. The Morgan fingerprint density at radius 2 is 1.52 bits per heavy atom. The second kappa shape index (κ2) is 8.12. The number of para-hydroxylation sites is 1. The van der Waals surface area contributed by atoms with Gasteiger partial charge in [0, 0.05) is 29.8 Å². The first-order chi connectivity index (χ1) is 13.3. The monoisotopic (exact) mass is 353 g/mol. The molecule has 1 aliphatic rings. The lowest BCUT2D eigenvalue weighted by molar-refractivity contribution is 0.152. The van der Waals surface area contributed by atoms with E-state index in [0.29, 0.717) is 0 Å². The van der Waals surface area contributed by atoms with Crippen molar-refractivity contribution in [2.24, 2.45) is 0 Å². The molecule has 0 saturated heterocycles. The van der Waals surface area contributed by atoms with E-state index in [0.717, 1.165) is 36.5 Å². The Balaban J connectivity index is 1.55. The lowest BCUT2D eigenvalue weighted by Crippen LogP contribution is -2.27. The zero-order valence-corrected chi connectivity index (χ0v) is 15.6. The summed E-state index contributed by atoms with van der Waals surface area (Å²) >= 11 is 0. The number of likely N-dealkylation sites (N-methyl/N-ethyl adjacent to an activating group) is 1. The van der Waals surface area contributed by atoms with Crippen molar-refractivity contribution in [2.75, 3.05) is 13.1 Å². The first-order valence-corrected chi connectivity index (χ1v) is 9.46. The van der Waals surface area contributed by atoms with E-state index in [-0.39, 0.29) is 6.10 Å². The van der Waals surface area contributed by atoms with Crippen LogP contribution in [0.25, 0.3) is 0 Å². The zero-order valence-electron chi connectivity index (χ0n) is 15.6. The summed E-state index contributed by atoms with van der Waals surface area (Å²) in [5, 5.41) is 0. The Labute approximate surface area is 161 Å². The highest BCUT2D eigenvalue weighted by atomic mass is 16.5. The third-order valence-electron chi connectivity index (χ3n) is 4.91. The van der Waals surface area contributed by atoms with Crippen LogP contribution in [0.4, 0.5) is 0 Å². The summed E-state index contributed by atoms with van der Waals surface area (Å²) in [5.41, 5.74) is 4.50. The van der Waals surface area contributed by atoms with Crippen LogP contribution in [0.5, 0.6) is 5.75 Å². The lowest BCUT2D eigenvalue weighted by atomic mass is 10.1. The van der Waals surface area contributed by atoms with Crippen molar-refractivity contribution in [2.45, 2.75) is 19.6 Å². The van der Waals surface area contributed by atoms with E-state index in [2.05, 4.69) is 66.1 Å². The van der Waals surface area contributed by atoms with Gasteiger partial charge < -0.3 is 4.74 Å². The van der Waals surface area contributed by atoms with Gasteiger partial charge >= 0.3 is 0 Å². The quantitative estimate of drug-likeness (QED) is 0.598. The molecule has 4 rings (SSSR count). The molecule has 1 unspecified atom stereocenters. The largest absolute Gasteiger partial charge is 0.484 e. The highest BCUT2D eigenvalue weighted by molar-refractivity contribution is 5.44. The van der Waals surface area contributed by atoms with Crippen molar-refractivity contribution in [3.8, 4) is 17.6 Å². The van der Waals surface area contributed by atoms with Gasteiger partial charge in [0.1, 0.15) is 11.9 Å². The average Bonchev–Trinajstić information content (AvgIpc) is 2.93. The highest BCUT2D eigenvalue weighted by Gasteiger charge is 2.23. The van der Waals surface area contributed by atoms with Crippen LogP contribution >= 0.6 is 0 Å². The van der Waals surface area contributed by atoms with Gasteiger partial charge in [0.15, 0.2) is 0 Å². The number of hydrogen-bond donors (Lipinski definition) is 0. The van der Waals surface area contributed by atoms with Gasteiger partial charge in [0.05, 0.1) is 0 Å². The Kier molecular flexibility index (Phi) is 5.23. The van der Waals surface area contributed by atoms with Crippen LogP contribution in [0.15, 0.2) is 78.9 Å². The number of fused-ring (bicyclic) bond motifs is 1. The van der Waals surface area contributed by atoms with Crippen LogP contribution in [0.2, 0.25) is 0 Å². The van der Waals surface area contributed by atoms with Crippen molar-refractivity contribution < 1.29 is 4.74 Å². The summed E-state index contributed by atoms with van der Waals surface area (Å²) in [6.45, 7) is 5.03. The summed E-state index contributed by atoms with van der Waals surface area (Å²) in [6, 6.07) is 26.9. The van der Waals surface area contributed by atoms with Gasteiger partial charge in [-0.3, -0.25) is 4.90 Å². The minimum Gasteiger partial charge on any atom is -0.484 e. The average molecular weight is 353 g/mol. The van der Waals surface area contributed by atoms with Gasteiger partial charge in [0.2, 0.25) is 0 Å². The second-order valence-electron chi connectivity index (χ2n) is 6.78. The first-order valence-electron chi connectivity index (χ1n) is 9.46. The van der Waals surface area contributed by atoms with Gasteiger partial charge in [-0.05, 0) is 42.4 Å². The molecule has 0 saturated carbocycles. The second-order valence-corrected chi connectivity index (χ2v) is 6.78. The molecule has 1 atom stereocenters. The van der Waals surface area contributed by atoms with Crippen LogP contribution in [0, 0.1) is 11.8 Å². The highest BCUT2D eigenvalue weighted by Crippen LogP contribution is 2.31. The van der Waals surface area contributed by atoms with Crippen LogP contribution in [0.1, 0.15) is 35.3 Å². The molecule has 0 spiro atoms. The van der Waals surface area contributed by atoms with E-state index in [1.807, 2.05) is 36.4 Å². The van der Waals surface area contributed by atoms with Crippen molar-refractivity contribution in [3.63, 3.8) is 0 Å². The molecule has 2 nitrogen and oxygen atoms in total. The Hall–Kier alpha value is -3.02. The van der Waals surface area contributed by atoms with Crippen LogP contribution in [-0.4, -0.2) is 18.0 Å². The van der Waals surface area contributed by atoms with Crippen molar-refractivity contribution in [3.05, 3.63) is 101 Å². The molecular weight excluding hydrogens is 330 g/mol. The number of benzene rings is 3. The van der Waals surface area contributed by atoms with E-state index >= 15 is 0 Å². The van der Waals surface area contributed by atoms with Crippen LogP contribution in [0.3, 0.4) is 0 Å². The van der Waals surface area contributed by atoms with Crippen molar-refractivity contribution in [1.29, 1.82) is 0 Å². The standard InChI is InChI=1S/C25H23NO/c1-2-26-18-23-10-6-7-11-24(23)27-25(19-26)22-16-14-21(15-17-22)13-12-20-8-4-3-5-9-20/h3-11,14-17,25H,2,18-19H2,1H3. The zero-order chi connectivity index (χ0) is 18.5. The fourth-order valence-corrected chi connectivity index (χ4v) is 3.34. The number of nitrogens with zero attached hydrogens (tertiary/aromatic N) is 1. The SMILES string of the molecule is CCN1Cc2ccccc2OC(c2ccc(C#Cc3ccccc3)cc2)C1. The topological polar surface area (TPSA) is 12.5 Å². The van der Waals surface area contributed by atoms with Crippen LogP contribution in [-0.2, 0) is 6.54 Å². The number of hydrogen-bond acceptors (Lipinski definition) is 2. The van der Waals surface area contributed by atoms with Gasteiger partial charge in [0.25, 0.3) is 0 Å². The van der Waals surface area contributed by atoms with Crippen molar-refractivity contribution in [1.82, 2.24) is 4.90 Å².